The van der Waals surface area contributed by atoms with Crippen LogP contribution in [0.1, 0.15) is 10.5 Å². The number of aromatic nitrogens is 2. The van der Waals surface area contributed by atoms with Crippen LogP contribution in [0.15, 0.2) is 88.3 Å². The number of aromatic carboxylic acids is 1. The largest absolute Gasteiger partial charge is 0.477 e. The van der Waals surface area contributed by atoms with Crippen LogP contribution in [0.25, 0.3) is 33.3 Å². The fraction of sp³-hybridized carbons (Fsp3) is 0. The van der Waals surface area contributed by atoms with Crippen LogP contribution in [0.5, 0.6) is 0 Å². The highest BCUT2D eigenvalue weighted by atomic mass is 32.2. The van der Waals surface area contributed by atoms with E-state index in [0.717, 1.165) is 9.36 Å². The Hall–Kier alpha value is -3.91. The number of rotatable bonds is 4. The molecule has 8 heteroatoms. The zero-order valence-corrected chi connectivity index (χ0v) is 16.2. The molecule has 0 spiro atoms. The first-order valence-corrected chi connectivity index (χ1v) is 10.4. The minimum Gasteiger partial charge on any atom is -0.477 e. The Morgan fingerprint density at radius 3 is 2.43 bits per heavy atom. The molecule has 0 aliphatic carbocycles. The van der Waals surface area contributed by atoms with Crippen LogP contribution in [0.4, 0.5) is 0 Å². The van der Waals surface area contributed by atoms with Crippen molar-refractivity contribution in [1.29, 1.82) is 0 Å². The summed E-state index contributed by atoms with van der Waals surface area (Å²) in [5.41, 5.74) is 0.854. The molecule has 7 nitrogen and oxygen atoms in total. The molecular weight excluding hydrogens is 404 g/mol. The van der Waals surface area contributed by atoms with Gasteiger partial charge in [-0.3, -0.25) is 0 Å². The summed E-state index contributed by atoms with van der Waals surface area (Å²) in [6, 6.07) is 19.9. The molecule has 0 saturated heterocycles. The molecular formula is C22H14N2O5S. The zero-order valence-electron chi connectivity index (χ0n) is 15.4. The topological polar surface area (TPSA) is 102 Å². The maximum atomic E-state index is 13.3. The minimum atomic E-state index is -4.18. The SMILES string of the molecule is O=C(O)c1cc2c(-c3cc4ccccc4o3)ccnc2n1S(=O)(=O)c1ccccc1. The lowest BCUT2D eigenvalue weighted by Crippen LogP contribution is -2.18. The Morgan fingerprint density at radius 1 is 0.967 bits per heavy atom. The van der Waals surface area contributed by atoms with Crippen molar-refractivity contribution in [3.8, 4) is 11.3 Å². The van der Waals surface area contributed by atoms with Gasteiger partial charge in [-0.1, -0.05) is 36.4 Å². The van der Waals surface area contributed by atoms with E-state index in [2.05, 4.69) is 4.98 Å². The van der Waals surface area contributed by atoms with Gasteiger partial charge in [0.25, 0.3) is 10.0 Å². The van der Waals surface area contributed by atoms with E-state index in [9.17, 15) is 18.3 Å². The minimum absolute atomic E-state index is 0.0224. The van der Waals surface area contributed by atoms with Gasteiger partial charge in [-0.2, -0.15) is 0 Å². The molecule has 30 heavy (non-hydrogen) atoms. The third-order valence-corrected chi connectivity index (χ3v) is 6.57. The predicted molar refractivity (Wildman–Crippen MR) is 111 cm³/mol. The van der Waals surface area contributed by atoms with Gasteiger partial charge < -0.3 is 9.52 Å². The van der Waals surface area contributed by atoms with Crippen LogP contribution in [0.2, 0.25) is 0 Å². The molecule has 0 saturated carbocycles. The lowest BCUT2D eigenvalue weighted by atomic mass is 10.1. The molecule has 0 unspecified atom stereocenters. The summed E-state index contributed by atoms with van der Waals surface area (Å²) in [5, 5.41) is 11.0. The molecule has 2 aromatic carbocycles. The maximum Gasteiger partial charge on any atom is 0.353 e. The van der Waals surface area contributed by atoms with Crippen LogP contribution < -0.4 is 0 Å². The van der Waals surface area contributed by atoms with Gasteiger partial charge >= 0.3 is 5.97 Å². The van der Waals surface area contributed by atoms with E-state index in [1.807, 2.05) is 30.3 Å². The number of fused-ring (bicyclic) bond motifs is 2. The number of benzene rings is 2. The average molecular weight is 418 g/mol. The van der Waals surface area contributed by atoms with E-state index in [4.69, 9.17) is 4.42 Å². The zero-order chi connectivity index (χ0) is 20.9. The molecule has 148 valence electrons. The highest BCUT2D eigenvalue weighted by molar-refractivity contribution is 7.90. The number of carbonyl (C=O) groups is 1. The summed E-state index contributed by atoms with van der Waals surface area (Å²) in [6.07, 6.45) is 1.44. The molecule has 0 fully saturated rings. The molecule has 5 rings (SSSR count). The van der Waals surface area contributed by atoms with E-state index in [1.165, 1.54) is 24.4 Å². The second-order valence-electron chi connectivity index (χ2n) is 6.66. The molecule has 0 amide bonds. The van der Waals surface area contributed by atoms with Gasteiger partial charge in [0.1, 0.15) is 17.0 Å². The van der Waals surface area contributed by atoms with Gasteiger partial charge in [0.15, 0.2) is 5.65 Å². The van der Waals surface area contributed by atoms with E-state index < -0.39 is 21.7 Å². The number of hydrogen-bond donors (Lipinski definition) is 1. The molecule has 1 N–H and O–H groups in total. The fourth-order valence-corrected chi connectivity index (χ4v) is 4.97. The van der Waals surface area contributed by atoms with Gasteiger partial charge in [-0.25, -0.2) is 22.2 Å². The van der Waals surface area contributed by atoms with Crippen molar-refractivity contribution in [2.45, 2.75) is 4.90 Å². The Morgan fingerprint density at radius 2 is 1.70 bits per heavy atom. The summed E-state index contributed by atoms with van der Waals surface area (Å²) < 4.78 is 33.2. The molecule has 0 aliphatic rings. The van der Waals surface area contributed by atoms with E-state index in [0.29, 0.717) is 22.3 Å². The van der Waals surface area contributed by atoms with Crippen molar-refractivity contribution >= 4 is 38.0 Å². The highest BCUT2D eigenvalue weighted by Crippen LogP contribution is 2.35. The normalized spacial score (nSPS) is 11.9. The Bertz CT molecular complexity index is 1500. The second-order valence-corrected chi connectivity index (χ2v) is 8.45. The summed E-state index contributed by atoms with van der Waals surface area (Å²) >= 11 is 0. The number of carboxylic acid groups (broad SMARTS) is 1. The van der Waals surface area contributed by atoms with Crippen molar-refractivity contribution < 1.29 is 22.7 Å². The summed E-state index contributed by atoms with van der Waals surface area (Å²) in [6.45, 7) is 0. The summed E-state index contributed by atoms with van der Waals surface area (Å²) in [7, 11) is -4.18. The van der Waals surface area contributed by atoms with Crippen molar-refractivity contribution in [3.63, 3.8) is 0 Å². The molecule has 0 bridgehead atoms. The van der Waals surface area contributed by atoms with Crippen molar-refractivity contribution in [2.24, 2.45) is 0 Å². The predicted octanol–water partition coefficient (Wildman–Crippen LogP) is 4.38. The first-order chi connectivity index (χ1) is 14.5. The molecule has 5 aromatic rings. The Labute approximate surface area is 170 Å². The number of pyridine rings is 1. The van der Waals surface area contributed by atoms with Crippen LogP contribution in [0.3, 0.4) is 0 Å². The third kappa shape index (κ3) is 2.69. The number of para-hydroxylation sites is 1. The molecule has 0 radical (unpaired) electrons. The van der Waals surface area contributed by atoms with Gasteiger partial charge in [0.05, 0.1) is 4.90 Å². The van der Waals surface area contributed by atoms with Crippen molar-refractivity contribution in [2.75, 3.05) is 0 Å². The number of furan rings is 1. The number of nitrogens with zero attached hydrogens (tertiary/aromatic N) is 2. The number of carboxylic acids is 1. The maximum absolute atomic E-state index is 13.3. The van der Waals surface area contributed by atoms with E-state index >= 15 is 0 Å². The Kier molecular flexibility index (Phi) is 3.97. The highest BCUT2D eigenvalue weighted by Gasteiger charge is 2.28. The first kappa shape index (κ1) is 18.1. The molecule has 3 aromatic heterocycles. The third-order valence-electron chi connectivity index (χ3n) is 4.85. The molecule has 0 aliphatic heterocycles. The summed E-state index contributed by atoms with van der Waals surface area (Å²) in [5.74, 6) is -0.877. The quantitative estimate of drug-likeness (QED) is 0.465. The van der Waals surface area contributed by atoms with Gasteiger partial charge in [0.2, 0.25) is 0 Å². The second kappa shape index (κ2) is 6.57. The monoisotopic (exact) mass is 418 g/mol. The number of hydrogen-bond acceptors (Lipinski definition) is 5. The molecule has 0 atom stereocenters. The van der Waals surface area contributed by atoms with Crippen molar-refractivity contribution in [3.05, 3.63) is 84.7 Å². The van der Waals surface area contributed by atoms with E-state index in [-0.39, 0.29) is 10.5 Å². The lowest BCUT2D eigenvalue weighted by molar-refractivity contribution is 0.0689. The van der Waals surface area contributed by atoms with Gasteiger partial charge in [0, 0.05) is 22.5 Å². The van der Waals surface area contributed by atoms with Crippen LogP contribution in [-0.4, -0.2) is 28.5 Å². The van der Waals surface area contributed by atoms with Crippen LogP contribution in [0, 0.1) is 0 Å². The van der Waals surface area contributed by atoms with Gasteiger partial charge in [-0.05, 0) is 36.4 Å². The molecule has 3 heterocycles. The first-order valence-electron chi connectivity index (χ1n) is 9.00. The summed E-state index contributed by atoms with van der Waals surface area (Å²) in [4.78, 5) is 16.1. The van der Waals surface area contributed by atoms with Crippen LogP contribution in [-0.2, 0) is 10.0 Å². The average Bonchev–Trinajstić information content (AvgIpc) is 3.36. The Balaban J connectivity index is 1.82. The van der Waals surface area contributed by atoms with E-state index in [1.54, 1.807) is 24.3 Å². The lowest BCUT2D eigenvalue weighted by Gasteiger charge is -2.09. The van der Waals surface area contributed by atoms with Crippen LogP contribution >= 0.6 is 0 Å². The standard InChI is InChI=1S/C22H14N2O5S/c25-22(26)18-13-17-16(20-12-14-6-4-5-9-19(14)29-20)10-11-23-21(17)24(18)30(27,28)15-7-2-1-3-8-15/h1-13H,(H,25,26). The smallest absolute Gasteiger partial charge is 0.353 e. The fourth-order valence-electron chi connectivity index (χ4n) is 3.50. The van der Waals surface area contributed by atoms with Crippen molar-refractivity contribution in [1.82, 2.24) is 8.96 Å². The van der Waals surface area contributed by atoms with Gasteiger partial charge in [-0.15, -0.1) is 0 Å².